The van der Waals surface area contributed by atoms with Crippen molar-refractivity contribution in [2.45, 2.75) is 44.8 Å². The Labute approximate surface area is 123 Å². The second-order valence-electron chi connectivity index (χ2n) is 4.95. The zero-order chi connectivity index (χ0) is 13.7. The largest absolute Gasteiger partial charge is 0.381 e. The predicted octanol–water partition coefficient (Wildman–Crippen LogP) is 4.08. The van der Waals surface area contributed by atoms with E-state index in [-0.39, 0.29) is 0 Å². The predicted molar refractivity (Wildman–Crippen MR) is 80.1 cm³/mol. The Hall–Kier alpha value is -1.05. The molecule has 1 fully saturated rings. The maximum absolute atomic E-state index is 8.86. The smallest absolute Gasteiger partial charge is 0.0992 e. The summed E-state index contributed by atoms with van der Waals surface area (Å²) in [6.07, 6.45) is 4.77. The van der Waals surface area contributed by atoms with Crippen LogP contribution >= 0.6 is 15.9 Å². The van der Waals surface area contributed by atoms with Gasteiger partial charge in [0.2, 0.25) is 0 Å². The van der Waals surface area contributed by atoms with Crippen LogP contribution < -0.4 is 5.32 Å². The van der Waals surface area contributed by atoms with Crippen LogP contribution in [0.3, 0.4) is 0 Å². The number of rotatable bonds is 4. The van der Waals surface area contributed by atoms with Gasteiger partial charge in [0.15, 0.2) is 0 Å². The fourth-order valence-electron chi connectivity index (χ4n) is 2.46. The number of hydrogen-bond donors (Lipinski definition) is 1. The Balaban J connectivity index is 1.99. The fourth-order valence-corrected chi connectivity index (χ4v) is 2.95. The maximum atomic E-state index is 8.86. The number of nitrogens with one attached hydrogen (secondary N) is 1. The van der Waals surface area contributed by atoms with Gasteiger partial charge in [0.05, 0.1) is 17.7 Å². The van der Waals surface area contributed by atoms with Crippen LogP contribution in [0.5, 0.6) is 0 Å². The van der Waals surface area contributed by atoms with E-state index in [1.165, 1.54) is 0 Å². The Morgan fingerprint density at radius 1 is 1.53 bits per heavy atom. The molecular weight excluding hydrogens is 304 g/mol. The lowest BCUT2D eigenvalue weighted by Gasteiger charge is -2.31. The Morgan fingerprint density at radius 2 is 2.37 bits per heavy atom. The number of benzene rings is 1. The molecule has 1 aliphatic heterocycles. The summed E-state index contributed by atoms with van der Waals surface area (Å²) in [5.41, 5.74) is 1.73. The second kappa shape index (κ2) is 6.93. The van der Waals surface area contributed by atoms with Crippen LogP contribution in [0.15, 0.2) is 22.7 Å². The molecule has 0 bridgehead atoms. The van der Waals surface area contributed by atoms with Crippen LogP contribution in [-0.4, -0.2) is 18.8 Å². The van der Waals surface area contributed by atoms with Crippen LogP contribution in [0, 0.1) is 11.3 Å². The zero-order valence-electron chi connectivity index (χ0n) is 11.2. The summed E-state index contributed by atoms with van der Waals surface area (Å²) in [6, 6.07) is 8.26. The molecule has 19 heavy (non-hydrogen) atoms. The van der Waals surface area contributed by atoms with E-state index in [0.717, 1.165) is 42.5 Å². The van der Waals surface area contributed by atoms with Crippen LogP contribution in [-0.2, 0) is 4.74 Å². The summed E-state index contributed by atoms with van der Waals surface area (Å²) < 4.78 is 6.71. The molecule has 3 nitrogen and oxygen atoms in total. The highest BCUT2D eigenvalue weighted by Gasteiger charge is 2.22. The molecule has 0 amide bonds. The fraction of sp³-hybridized carbons (Fsp3) is 0.533. The Morgan fingerprint density at radius 3 is 3.05 bits per heavy atom. The molecule has 1 aromatic carbocycles. The quantitative estimate of drug-likeness (QED) is 0.908. The first-order valence-electron chi connectivity index (χ1n) is 6.80. The molecule has 1 saturated heterocycles. The van der Waals surface area contributed by atoms with Gasteiger partial charge in [-0.3, -0.25) is 0 Å². The van der Waals surface area contributed by atoms with Gasteiger partial charge in [-0.2, -0.15) is 5.26 Å². The molecule has 0 spiro atoms. The van der Waals surface area contributed by atoms with Gasteiger partial charge in [0, 0.05) is 22.8 Å². The normalized spacial score (nSPS) is 22.8. The van der Waals surface area contributed by atoms with Crippen molar-refractivity contribution in [1.29, 1.82) is 5.26 Å². The minimum Gasteiger partial charge on any atom is -0.381 e. The molecule has 2 unspecified atom stereocenters. The van der Waals surface area contributed by atoms with E-state index >= 15 is 0 Å². The second-order valence-corrected chi connectivity index (χ2v) is 5.81. The lowest BCUT2D eigenvalue weighted by Crippen LogP contribution is -2.34. The van der Waals surface area contributed by atoms with Crippen molar-refractivity contribution in [3.05, 3.63) is 28.2 Å². The third-order valence-electron chi connectivity index (χ3n) is 3.44. The first-order chi connectivity index (χ1) is 9.22. The monoisotopic (exact) mass is 322 g/mol. The van der Waals surface area contributed by atoms with Gasteiger partial charge in [-0.25, -0.2) is 0 Å². The van der Waals surface area contributed by atoms with Crippen molar-refractivity contribution in [1.82, 2.24) is 0 Å². The SMILES string of the molecule is CCCC1CC(Nc2ccc(C#N)cc2Br)CCO1. The van der Waals surface area contributed by atoms with E-state index in [1.807, 2.05) is 18.2 Å². The van der Waals surface area contributed by atoms with Gasteiger partial charge in [0.1, 0.15) is 0 Å². The number of ether oxygens (including phenoxy) is 1. The summed E-state index contributed by atoms with van der Waals surface area (Å²) in [6.45, 7) is 3.02. The van der Waals surface area contributed by atoms with Crippen molar-refractivity contribution in [2.24, 2.45) is 0 Å². The van der Waals surface area contributed by atoms with Gasteiger partial charge in [0.25, 0.3) is 0 Å². The number of nitriles is 1. The first kappa shape index (κ1) is 14.4. The van der Waals surface area contributed by atoms with E-state index in [4.69, 9.17) is 10.00 Å². The molecule has 102 valence electrons. The van der Waals surface area contributed by atoms with Crippen molar-refractivity contribution in [3.8, 4) is 6.07 Å². The van der Waals surface area contributed by atoms with Crippen LogP contribution in [0.2, 0.25) is 0 Å². The third kappa shape index (κ3) is 3.95. The molecule has 1 N–H and O–H groups in total. The summed E-state index contributed by atoms with van der Waals surface area (Å²) in [5, 5.41) is 12.4. The molecule has 1 heterocycles. The molecular formula is C15H19BrN2O. The molecule has 1 aliphatic rings. The summed E-state index contributed by atoms with van der Waals surface area (Å²) in [5.74, 6) is 0. The van der Waals surface area contributed by atoms with E-state index in [1.54, 1.807) is 0 Å². The van der Waals surface area contributed by atoms with Crippen molar-refractivity contribution in [2.75, 3.05) is 11.9 Å². The molecule has 0 aromatic heterocycles. The number of nitrogens with zero attached hydrogens (tertiary/aromatic N) is 1. The zero-order valence-corrected chi connectivity index (χ0v) is 12.7. The average molecular weight is 323 g/mol. The van der Waals surface area contributed by atoms with Crippen molar-refractivity contribution >= 4 is 21.6 Å². The van der Waals surface area contributed by atoms with Crippen LogP contribution in [0.4, 0.5) is 5.69 Å². The van der Waals surface area contributed by atoms with Gasteiger partial charge in [-0.1, -0.05) is 13.3 Å². The lowest BCUT2D eigenvalue weighted by atomic mass is 10.00. The lowest BCUT2D eigenvalue weighted by molar-refractivity contribution is 0.00597. The maximum Gasteiger partial charge on any atom is 0.0992 e. The summed E-state index contributed by atoms with van der Waals surface area (Å²) in [4.78, 5) is 0. The van der Waals surface area contributed by atoms with Gasteiger partial charge >= 0.3 is 0 Å². The minimum atomic E-state index is 0.383. The molecule has 1 aromatic rings. The highest BCUT2D eigenvalue weighted by molar-refractivity contribution is 9.10. The average Bonchev–Trinajstić information content (AvgIpc) is 2.42. The molecule has 2 atom stereocenters. The Kier molecular flexibility index (Phi) is 5.24. The number of halogens is 1. The van der Waals surface area contributed by atoms with Gasteiger partial charge < -0.3 is 10.1 Å². The molecule has 2 rings (SSSR count). The van der Waals surface area contributed by atoms with Crippen molar-refractivity contribution < 1.29 is 4.74 Å². The minimum absolute atomic E-state index is 0.383. The topological polar surface area (TPSA) is 45.0 Å². The van der Waals surface area contributed by atoms with E-state index < -0.39 is 0 Å². The number of anilines is 1. The summed E-state index contributed by atoms with van der Waals surface area (Å²) >= 11 is 3.52. The van der Waals surface area contributed by atoms with Crippen LogP contribution in [0.1, 0.15) is 38.2 Å². The van der Waals surface area contributed by atoms with E-state index in [2.05, 4.69) is 34.2 Å². The molecule has 4 heteroatoms. The van der Waals surface area contributed by atoms with E-state index in [9.17, 15) is 0 Å². The standard InChI is InChI=1S/C15H19BrN2O/c1-2-3-13-9-12(6-7-19-13)18-15-5-4-11(10-17)8-14(15)16/h4-5,8,12-13,18H,2-3,6-7,9H2,1H3. The molecule has 0 saturated carbocycles. The molecule has 0 radical (unpaired) electrons. The first-order valence-corrected chi connectivity index (χ1v) is 7.60. The van der Waals surface area contributed by atoms with Gasteiger partial charge in [-0.05, 0) is 53.4 Å². The van der Waals surface area contributed by atoms with E-state index in [0.29, 0.717) is 17.7 Å². The molecule has 0 aliphatic carbocycles. The summed E-state index contributed by atoms with van der Waals surface area (Å²) in [7, 11) is 0. The van der Waals surface area contributed by atoms with Crippen molar-refractivity contribution in [3.63, 3.8) is 0 Å². The highest BCUT2D eigenvalue weighted by atomic mass is 79.9. The number of hydrogen-bond acceptors (Lipinski definition) is 3. The van der Waals surface area contributed by atoms with Gasteiger partial charge in [-0.15, -0.1) is 0 Å². The van der Waals surface area contributed by atoms with Crippen LogP contribution in [0.25, 0.3) is 0 Å². The third-order valence-corrected chi connectivity index (χ3v) is 4.09. The Bertz CT molecular complexity index is 468. The highest BCUT2D eigenvalue weighted by Crippen LogP contribution is 2.27.